The molecule has 0 saturated heterocycles. The summed E-state index contributed by atoms with van der Waals surface area (Å²) in [5.74, 6) is -0.930. The molecule has 9 nitrogen and oxygen atoms in total. The van der Waals surface area contributed by atoms with E-state index in [4.69, 9.17) is 14.2 Å². The van der Waals surface area contributed by atoms with Gasteiger partial charge in [-0.15, -0.1) is 0 Å². The van der Waals surface area contributed by atoms with E-state index in [0.717, 1.165) is 50.3 Å². The molecule has 0 aliphatic heterocycles. The smallest absolute Gasteiger partial charge is 0.345 e. The van der Waals surface area contributed by atoms with Crippen molar-refractivity contribution in [3.8, 4) is 11.5 Å². The van der Waals surface area contributed by atoms with Crippen molar-refractivity contribution in [1.82, 2.24) is 4.90 Å². The van der Waals surface area contributed by atoms with Crippen molar-refractivity contribution in [2.45, 2.75) is 51.5 Å². The van der Waals surface area contributed by atoms with E-state index in [2.05, 4.69) is 6.08 Å². The van der Waals surface area contributed by atoms with Gasteiger partial charge in [0.2, 0.25) is 0 Å². The highest BCUT2D eigenvalue weighted by Gasteiger charge is 2.36. The number of allylic oxidation sites excluding steroid dienone is 2. The van der Waals surface area contributed by atoms with Gasteiger partial charge in [-0.05, 0) is 45.4 Å². The second-order valence-electron chi connectivity index (χ2n) is 7.22. The molecule has 0 unspecified atom stereocenters. The number of methoxy groups -OCH3 is 1. The maximum Gasteiger partial charge on any atom is 0.345 e. The zero-order valence-corrected chi connectivity index (χ0v) is 17.2. The number of hydrogen-bond acceptors (Lipinski definition) is 7. The molecule has 1 saturated carbocycles. The lowest BCUT2D eigenvalue weighted by atomic mass is 10.0. The first-order chi connectivity index (χ1) is 14.5. The number of rotatable bonds is 9. The number of carbonyl (C=O) groups excluding carboxylic acids is 2. The van der Waals surface area contributed by atoms with E-state index < -0.39 is 23.2 Å². The molecule has 30 heavy (non-hydrogen) atoms. The Balaban J connectivity index is 1.75. The predicted molar refractivity (Wildman–Crippen MR) is 108 cm³/mol. The molecule has 0 aromatic heterocycles. The average molecular weight is 418 g/mol. The number of esters is 1. The number of amides is 1. The topological polar surface area (TPSA) is 108 Å². The minimum atomic E-state index is -0.954. The fourth-order valence-corrected chi connectivity index (χ4v) is 3.54. The SMILES string of the molecule is CCOc1cc([N+](=O)[O-])c(C(=O)OCC(=O)N(C2=CCCCC2)C2CC2)cc1OC. The lowest BCUT2D eigenvalue weighted by Gasteiger charge is -2.27. The van der Waals surface area contributed by atoms with Crippen LogP contribution in [-0.2, 0) is 9.53 Å². The summed E-state index contributed by atoms with van der Waals surface area (Å²) < 4.78 is 15.7. The van der Waals surface area contributed by atoms with Crippen molar-refractivity contribution in [2.24, 2.45) is 0 Å². The Labute approximate surface area is 174 Å². The first kappa shape index (κ1) is 21.6. The van der Waals surface area contributed by atoms with Gasteiger partial charge < -0.3 is 19.1 Å². The van der Waals surface area contributed by atoms with Crippen LogP contribution in [0, 0.1) is 10.1 Å². The molecule has 9 heteroatoms. The highest BCUT2D eigenvalue weighted by Crippen LogP contribution is 2.36. The molecular weight excluding hydrogens is 392 g/mol. The second kappa shape index (κ2) is 9.60. The molecule has 0 atom stereocenters. The van der Waals surface area contributed by atoms with Crippen molar-refractivity contribution in [1.29, 1.82) is 0 Å². The van der Waals surface area contributed by atoms with Gasteiger partial charge >= 0.3 is 5.97 Å². The van der Waals surface area contributed by atoms with Crippen molar-refractivity contribution < 1.29 is 28.7 Å². The molecule has 1 aromatic rings. The van der Waals surface area contributed by atoms with Gasteiger partial charge in [0.25, 0.3) is 11.6 Å². The number of nitrogens with zero attached hydrogens (tertiary/aromatic N) is 2. The third kappa shape index (κ3) is 4.90. The summed E-state index contributed by atoms with van der Waals surface area (Å²) >= 11 is 0. The van der Waals surface area contributed by atoms with Gasteiger partial charge in [-0.2, -0.15) is 0 Å². The van der Waals surface area contributed by atoms with Gasteiger partial charge in [-0.1, -0.05) is 6.08 Å². The molecule has 3 rings (SSSR count). The van der Waals surface area contributed by atoms with Crippen molar-refractivity contribution in [3.05, 3.63) is 39.6 Å². The molecule has 162 valence electrons. The Morgan fingerprint density at radius 3 is 2.57 bits per heavy atom. The van der Waals surface area contributed by atoms with Gasteiger partial charge in [-0.25, -0.2) is 4.79 Å². The molecular formula is C21H26N2O7. The minimum Gasteiger partial charge on any atom is -0.493 e. The van der Waals surface area contributed by atoms with E-state index >= 15 is 0 Å². The first-order valence-electron chi connectivity index (χ1n) is 10.1. The predicted octanol–water partition coefficient (Wildman–Crippen LogP) is 3.61. The van der Waals surface area contributed by atoms with E-state index in [1.807, 2.05) is 0 Å². The van der Waals surface area contributed by atoms with Crippen LogP contribution >= 0.6 is 0 Å². The number of nitro benzene ring substituents is 1. The molecule has 1 amide bonds. The Morgan fingerprint density at radius 1 is 1.23 bits per heavy atom. The van der Waals surface area contributed by atoms with Crippen LogP contribution in [-0.4, -0.2) is 48.1 Å². The number of ether oxygens (including phenoxy) is 3. The lowest BCUT2D eigenvalue weighted by molar-refractivity contribution is -0.385. The Kier molecular flexibility index (Phi) is 6.91. The van der Waals surface area contributed by atoms with Crippen LogP contribution in [0.1, 0.15) is 55.8 Å². The van der Waals surface area contributed by atoms with Crippen LogP contribution in [0.2, 0.25) is 0 Å². The number of benzene rings is 1. The quantitative estimate of drug-likeness (QED) is 0.342. The van der Waals surface area contributed by atoms with Crippen LogP contribution in [0.25, 0.3) is 0 Å². The lowest BCUT2D eigenvalue weighted by Crippen LogP contribution is -2.36. The van der Waals surface area contributed by atoms with Gasteiger partial charge in [-0.3, -0.25) is 14.9 Å². The summed E-state index contributed by atoms with van der Waals surface area (Å²) in [4.78, 5) is 37.9. The Hall–Kier alpha value is -3.10. The fourth-order valence-electron chi connectivity index (χ4n) is 3.54. The van der Waals surface area contributed by atoms with Crippen LogP contribution in [0.15, 0.2) is 23.9 Å². The zero-order chi connectivity index (χ0) is 21.7. The van der Waals surface area contributed by atoms with Gasteiger partial charge in [0.05, 0.1) is 24.7 Å². The maximum atomic E-state index is 12.8. The van der Waals surface area contributed by atoms with Gasteiger partial charge in [0, 0.05) is 17.8 Å². The summed E-state index contributed by atoms with van der Waals surface area (Å²) in [6.07, 6.45) is 7.83. The minimum absolute atomic E-state index is 0.153. The molecule has 0 N–H and O–H groups in total. The van der Waals surface area contributed by atoms with E-state index in [9.17, 15) is 19.7 Å². The Morgan fingerprint density at radius 2 is 2.00 bits per heavy atom. The van der Waals surface area contributed by atoms with Crippen LogP contribution in [0.4, 0.5) is 5.69 Å². The molecule has 2 aliphatic carbocycles. The summed E-state index contributed by atoms with van der Waals surface area (Å²) in [6.45, 7) is 1.53. The third-order valence-corrected chi connectivity index (χ3v) is 5.08. The first-order valence-corrected chi connectivity index (χ1v) is 10.1. The van der Waals surface area contributed by atoms with E-state index in [-0.39, 0.29) is 35.6 Å². The largest absolute Gasteiger partial charge is 0.493 e. The van der Waals surface area contributed by atoms with Crippen molar-refractivity contribution in [3.63, 3.8) is 0 Å². The average Bonchev–Trinajstić information content (AvgIpc) is 3.57. The van der Waals surface area contributed by atoms with Crippen LogP contribution in [0.5, 0.6) is 11.5 Å². The molecule has 1 aromatic carbocycles. The molecule has 2 aliphatic rings. The molecule has 0 radical (unpaired) electrons. The van der Waals surface area contributed by atoms with E-state index in [1.54, 1.807) is 11.8 Å². The summed E-state index contributed by atoms with van der Waals surface area (Å²) in [6, 6.07) is 2.49. The number of nitro groups is 1. The van der Waals surface area contributed by atoms with Crippen LogP contribution in [0.3, 0.4) is 0 Å². The summed E-state index contributed by atoms with van der Waals surface area (Å²) in [7, 11) is 1.37. The van der Waals surface area contributed by atoms with E-state index in [0.29, 0.717) is 0 Å². The molecule has 0 bridgehead atoms. The number of hydrogen-bond donors (Lipinski definition) is 0. The molecule has 0 heterocycles. The molecule has 0 spiro atoms. The standard InChI is InChI=1S/C21H26N2O7/c1-3-29-19-12-17(23(26)27)16(11-18(19)28-2)21(25)30-13-20(24)22(15-9-10-15)14-7-5-4-6-8-14/h7,11-12,15H,3-6,8-10,13H2,1-2H3. The van der Waals surface area contributed by atoms with Gasteiger partial charge in [0.1, 0.15) is 5.56 Å². The van der Waals surface area contributed by atoms with E-state index in [1.165, 1.54) is 13.2 Å². The summed E-state index contributed by atoms with van der Waals surface area (Å²) in [5, 5.41) is 11.5. The van der Waals surface area contributed by atoms with Crippen molar-refractivity contribution in [2.75, 3.05) is 20.3 Å². The van der Waals surface area contributed by atoms with Crippen molar-refractivity contribution >= 4 is 17.6 Å². The Bertz CT molecular complexity index is 861. The monoisotopic (exact) mass is 418 g/mol. The summed E-state index contributed by atoms with van der Waals surface area (Å²) in [5.41, 5.74) is 0.229. The number of carbonyl (C=O) groups is 2. The fraction of sp³-hybridized carbons (Fsp3) is 0.524. The maximum absolute atomic E-state index is 12.8. The third-order valence-electron chi connectivity index (χ3n) is 5.08. The zero-order valence-electron chi connectivity index (χ0n) is 17.2. The molecule has 1 fully saturated rings. The van der Waals surface area contributed by atoms with Crippen LogP contribution < -0.4 is 9.47 Å². The normalized spacial score (nSPS) is 15.7. The van der Waals surface area contributed by atoms with Gasteiger partial charge in [0.15, 0.2) is 18.1 Å². The second-order valence-corrected chi connectivity index (χ2v) is 7.22. The highest BCUT2D eigenvalue weighted by molar-refractivity contribution is 5.96. The highest BCUT2D eigenvalue weighted by atomic mass is 16.6.